The summed E-state index contributed by atoms with van der Waals surface area (Å²) in [5.74, 6) is 2.85. The SMILES string of the molecule is CCOc1cc(CN2CCC(n3c(C)nc4ccccc43)CC2)cc(OCC)c1-n1cccc1. The molecule has 6 nitrogen and oxygen atoms in total. The van der Waals surface area contributed by atoms with Crippen LogP contribution in [0.3, 0.4) is 0 Å². The first-order chi connectivity index (χ1) is 16.7. The van der Waals surface area contributed by atoms with Crippen LogP contribution in [0.15, 0.2) is 60.9 Å². The second kappa shape index (κ2) is 9.94. The summed E-state index contributed by atoms with van der Waals surface area (Å²) in [6, 6.07) is 17.4. The first-order valence-electron chi connectivity index (χ1n) is 12.4. The Bertz CT molecular complexity index is 1210. The lowest BCUT2D eigenvalue weighted by molar-refractivity contribution is 0.180. The Kier molecular flexibility index (Phi) is 6.59. The second-order valence-corrected chi connectivity index (χ2v) is 8.92. The van der Waals surface area contributed by atoms with Gasteiger partial charge in [-0.05, 0) is 75.6 Å². The zero-order chi connectivity index (χ0) is 23.5. The first kappa shape index (κ1) is 22.5. The van der Waals surface area contributed by atoms with Crippen LogP contribution in [0, 0.1) is 6.92 Å². The van der Waals surface area contributed by atoms with Crippen molar-refractivity contribution in [2.24, 2.45) is 0 Å². The zero-order valence-corrected chi connectivity index (χ0v) is 20.4. The molecule has 0 unspecified atom stereocenters. The molecule has 0 spiro atoms. The number of aryl methyl sites for hydroxylation is 1. The number of fused-ring (bicyclic) bond motifs is 1. The number of nitrogens with zero attached hydrogens (tertiary/aromatic N) is 4. The van der Waals surface area contributed by atoms with E-state index in [0.29, 0.717) is 19.3 Å². The summed E-state index contributed by atoms with van der Waals surface area (Å²) in [5, 5.41) is 0. The Morgan fingerprint density at radius 3 is 2.21 bits per heavy atom. The highest BCUT2D eigenvalue weighted by atomic mass is 16.5. The summed E-state index contributed by atoms with van der Waals surface area (Å²) in [6.07, 6.45) is 6.32. The Labute approximate surface area is 201 Å². The molecule has 5 rings (SSSR count). The molecule has 178 valence electrons. The third-order valence-corrected chi connectivity index (χ3v) is 6.66. The van der Waals surface area contributed by atoms with Crippen molar-refractivity contribution in [3.8, 4) is 17.2 Å². The van der Waals surface area contributed by atoms with Crippen LogP contribution in [0.4, 0.5) is 0 Å². The van der Waals surface area contributed by atoms with E-state index in [9.17, 15) is 0 Å². The normalized spacial score (nSPS) is 15.1. The van der Waals surface area contributed by atoms with Crippen molar-refractivity contribution in [2.75, 3.05) is 26.3 Å². The van der Waals surface area contributed by atoms with E-state index in [4.69, 9.17) is 14.5 Å². The maximum Gasteiger partial charge on any atom is 0.147 e. The molecular formula is C28H34N4O2. The van der Waals surface area contributed by atoms with Gasteiger partial charge in [0.2, 0.25) is 0 Å². The van der Waals surface area contributed by atoms with Gasteiger partial charge in [-0.15, -0.1) is 0 Å². The average molecular weight is 459 g/mol. The fourth-order valence-corrected chi connectivity index (χ4v) is 5.22. The number of likely N-dealkylation sites (tertiary alicyclic amines) is 1. The maximum atomic E-state index is 6.07. The molecule has 34 heavy (non-hydrogen) atoms. The van der Waals surface area contributed by atoms with Gasteiger partial charge in [-0.2, -0.15) is 0 Å². The number of imidazole rings is 1. The van der Waals surface area contributed by atoms with Gasteiger partial charge in [-0.3, -0.25) is 4.90 Å². The van der Waals surface area contributed by atoms with Gasteiger partial charge in [0.1, 0.15) is 23.0 Å². The Balaban J connectivity index is 1.34. The largest absolute Gasteiger partial charge is 0.492 e. The topological polar surface area (TPSA) is 44.4 Å². The molecule has 0 N–H and O–H groups in total. The molecular weight excluding hydrogens is 424 g/mol. The molecule has 0 amide bonds. The van der Waals surface area contributed by atoms with Crippen LogP contribution in [-0.2, 0) is 6.54 Å². The molecule has 6 heteroatoms. The van der Waals surface area contributed by atoms with Crippen LogP contribution in [-0.4, -0.2) is 45.3 Å². The van der Waals surface area contributed by atoms with Gasteiger partial charge >= 0.3 is 0 Å². The lowest BCUT2D eigenvalue weighted by Crippen LogP contribution is -2.34. The minimum Gasteiger partial charge on any atom is -0.492 e. The smallest absolute Gasteiger partial charge is 0.147 e. The second-order valence-electron chi connectivity index (χ2n) is 8.92. The van der Waals surface area contributed by atoms with Crippen molar-refractivity contribution in [2.45, 2.75) is 46.2 Å². The molecule has 0 saturated carbocycles. The standard InChI is InChI=1S/C28H34N4O2/c1-4-33-26-18-22(19-27(34-5-2)28(26)31-14-8-9-15-31)20-30-16-12-23(13-17-30)32-21(3)29-24-10-6-7-11-25(24)32/h6-11,14-15,18-19,23H,4-5,12-13,16-17,20H2,1-3H3. The fraction of sp³-hybridized carbons (Fsp3) is 0.393. The number of benzene rings is 2. The van der Waals surface area contributed by atoms with E-state index in [2.05, 4.69) is 57.4 Å². The summed E-state index contributed by atoms with van der Waals surface area (Å²) in [6.45, 7) is 10.4. The van der Waals surface area contributed by atoms with Crippen LogP contribution in [0.5, 0.6) is 11.5 Å². The molecule has 1 aliphatic heterocycles. The van der Waals surface area contributed by atoms with Crippen molar-refractivity contribution >= 4 is 11.0 Å². The van der Waals surface area contributed by atoms with E-state index in [1.807, 2.05) is 38.4 Å². The third kappa shape index (κ3) is 4.42. The molecule has 4 aromatic rings. The number of aromatic nitrogens is 3. The van der Waals surface area contributed by atoms with Crippen molar-refractivity contribution in [1.82, 2.24) is 19.0 Å². The molecule has 0 atom stereocenters. The lowest BCUT2D eigenvalue weighted by Gasteiger charge is -2.33. The van der Waals surface area contributed by atoms with Crippen LogP contribution < -0.4 is 9.47 Å². The Hall–Kier alpha value is -3.25. The summed E-state index contributed by atoms with van der Waals surface area (Å²) >= 11 is 0. The molecule has 2 aromatic heterocycles. The number of rotatable bonds is 8. The van der Waals surface area contributed by atoms with Crippen LogP contribution in [0.2, 0.25) is 0 Å². The van der Waals surface area contributed by atoms with E-state index in [-0.39, 0.29) is 0 Å². The summed E-state index contributed by atoms with van der Waals surface area (Å²) in [5.41, 5.74) is 4.54. The van der Waals surface area contributed by atoms with E-state index in [1.165, 1.54) is 11.1 Å². The molecule has 1 fully saturated rings. The monoisotopic (exact) mass is 458 g/mol. The molecule has 1 saturated heterocycles. The molecule has 3 heterocycles. The van der Waals surface area contributed by atoms with Crippen molar-refractivity contribution < 1.29 is 9.47 Å². The summed E-state index contributed by atoms with van der Waals surface area (Å²) in [4.78, 5) is 7.32. The highest BCUT2D eigenvalue weighted by Crippen LogP contribution is 2.36. The number of ether oxygens (including phenoxy) is 2. The van der Waals surface area contributed by atoms with Crippen LogP contribution in [0.1, 0.15) is 44.1 Å². The minimum atomic E-state index is 0.498. The third-order valence-electron chi connectivity index (χ3n) is 6.66. The number of hydrogen-bond acceptors (Lipinski definition) is 4. The summed E-state index contributed by atoms with van der Waals surface area (Å²) < 4.78 is 16.7. The van der Waals surface area contributed by atoms with Gasteiger partial charge in [-0.25, -0.2) is 4.98 Å². The van der Waals surface area contributed by atoms with Gasteiger partial charge < -0.3 is 18.6 Å². The molecule has 2 aromatic carbocycles. The molecule has 0 radical (unpaired) electrons. The van der Waals surface area contributed by atoms with Gasteiger partial charge in [0.15, 0.2) is 0 Å². The van der Waals surface area contributed by atoms with Crippen LogP contribution in [0.25, 0.3) is 16.7 Å². The minimum absolute atomic E-state index is 0.498. The highest BCUT2D eigenvalue weighted by Gasteiger charge is 2.24. The number of piperidine rings is 1. The first-order valence-corrected chi connectivity index (χ1v) is 12.4. The van der Waals surface area contributed by atoms with Crippen molar-refractivity contribution in [3.63, 3.8) is 0 Å². The molecule has 0 aliphatic carbocycles. The van der Waals surface area contributed by atoms with Gasteiger partial charge in [0.05, 0.1) is 24.2 Å². The maximum absolute atomic E-state index is 6.07. The summed E-state index contributed by atoms with van der Waals surface area (Å²) in [7, 11) is 0. The Morgan fingerprint density at radius 2 is 1.56 bits per heavy atom. The van der Waals surface area contributed by atoms with Crippen molar-refractivity contribution in [3.05, 3.63) is 72.3 Å². The predicted molar refractivity (Wildman–Crippen MR) is 136 cm³/mol. The van der Waals surface area contributed by atoms with E-state index < -0.39 is 0 Å². The van der Waals surface area contributed by atoms with Crippen molar-refractivity contribution in [1.29, 1.82) is 0 Å². The quantitative estimate of drug-likeness (QED) is 0.336. The van der Waals surface area contributed by atoms with E-state index in [0.717, 1.165) is 61.0 Å². The van der Waals surface area contributed by atoms with Gasteiger partial charge in [-0.1, -0.05) is 12.1 Å². The Morgan fingerprint density at radius 1 is 0.912 bits per heavy atom. The zero-order valence-electron chi connectivity index (χ0n) is 20.4. The average Bonchev–Trinajstić information content (AvgIpc) is 3.47. The number of hydrogen-bond donors (Lipinski definition) is 0. The predicted octanol–water partition coefficient (Wildman–Crippen LogP) is 5.77. The lowest BCUT2D eigenvalue weighted by atomic mass is 10.0. The fourth-order valence-electron chi connectivity index (χ4n) is 5.22. The molecule has 1 aliphatic rings. The highest BCUT2D eigenvalue weighted by molar-refractivity contribution is 5.76. The number of para-hydroxylation sites is 2. The van der Waals surface area contributed by atoms with Crippen LogP contribution >= 0.6 is 0 Å². The molecule has 0 bridgehead atoms. The van der Waals surface area contributed by atoms with E-state index >= 15 is 0 Å². The van der Waals surface area contributed by atoms with E-state index in [1.54, 1.807) is 0 Å². The van der Waals surface area contributed by atoms with Gasteiger partial charge in [0.25, 0.3) is 0 Å². The van der Waals surface area contributed by atoms with Gasteiger partial charge in [0, 0.05) is 38.1 Å².